The summed E-state index contributed by atoms with van der Waals surface area (Å²) in [6, 6.07) is -0.0519. The molecule has 1 aliphatic heterocycles. The number of rotatable bonds is 1. The Morgan fingerprint density at radius 3 is 2.64 bits per heavy atom. The van der Waals surface area contributed by atoms with E-state index in [-0.39, 0.29) is 24.5 Å². The summed E-state index contributed by atoms with van der Waals surface area (Å²) in [7, 11) is 0. The molecule has 2 atom stereocenters. The number of nitrogens with zero attached hydrogens (tertiary/aromatic N) is 1. The molecule has 0 spiro atoms. The van der Waals surface area contributed by atoms with Gasteiger partial charge in [-0.15, -0.1) is 0 Å². The zero-order valence-corrected chi connectivity index (χ0v) is 6.66. The second-order valence-corrected chi connectivity index (χ2v) is 3.03. The first-order chi connectivity index (χ1) is 5.15. The number of nitrogens with two attached hydrogens (primary N) is 1. The summed E-state index contributed by atoms with van der Waals surface area (Å²) in [4.78, 5) is 12.5. The number of carbonyl (C=O) groups excluding carboxylic acids is 1. The van der Waals surface area contributed by atoms with Crippen molar-refractivity contribution in [3.8, 4) is 0 Å². The molecular formula is C7H14N2O2. The fourth-order valence-electron chi connectivity index (χ4n) is 1.35. The lowest BCUT2D eigenvalue weighted by molar-refractivity contribution is -0.127. The molecule has 2 unspecified atom stereocenters. The summed E-state index contributed by atoms with van der Waals surface area (Å²) in [6.45, 7) is 2.78. The maximum atomic E-state index is 10.8. The number of carbonyl (C=O) groups is 1. The molecule has 64 valence electrons. The zero-order chi connectivity index (χ0) is 8.43. The van der Waals surface area contributed by atoms with E-state index in [9.17, 15) is 4.79 Å². The van der Waals surface area contributed by atoms with Gasteiger partial charge in [0.05, 0.1) is 0 Å². The minimum Gasteiger partial charge on any atom is -0.396 e. The van der Waals surface area contributed by atoms with E-state index in [0.717, 1.165) is 0 Å². The second-order valence-electron chi connectivity index (χ2n) is 3.03. The van der Waals surface area contributed by atoms with Crippen LogP contribution in [-0.4, -0.2) is 41.7 Å². The van der Waals surface area contributed by atoms with Crippen molar-refractivity contribution in [1.29, 1.82) is 0 Å². The summed E-state index contributed by atoms with van der Waals surface area (Å²) in [5.41, 5.74) is 5.66. The smallest absolute Gasteiger partial charge is 0.219 e. The number of aliphatic hydroxyl groups is 1. The first kappa shape index (κ1) is 8.49. The van der Waals surface area contributed by atoms with E-state index in [0.29, 0.717) is 13.1 Å². The van der Waals surface area contributed by atoms with E-state index in [1.807, 2.05) is 0 Å². The summed E-state index contributed by atoms with van der Waals surface area (Å²) in [6.07, 6.45) is 0. The summed E-state index contributed by atoms with van der Waals surface area (Å²) in [5, 5.41) is 8.82. The van der Waals surface area contributed by atoms with Gasteiger partial charge < -0.3 is 15.7 Å². The van der Waals surface area contributed by atoms with Gasteiger partial charge in [-0.1, -0.05) is 0 Å². The van der Waals surface area contributed by atoms with Crippen LogP contribution in [0.4, 0.5) is 0 Å². The first-order valence-corrected chi connectivity index (χ1v) is 3.77. The van der Waals surface area contributed by atoms with Crippen LogP contribution < -0.4 is 5.73 Å². The molecule has 0 aromatic carbocycles. The van der Waals surface area contributed by atoms with Crippen LogP contribution in [0.2, 0.25) is 0 Å². The second kappa shape index (κ2) is 3.19. The minimum absolute atomic E-state index is 0.0383. The Morgan fingerprint density at radius 1 is 1.73 bits per heavy atom. The highest BCUT2D eigenvalue weighted by molar-refractivity contribution is 5.73. The molecule has 4 nitrogen and oxygen atoms in total. The van der Waals surface area contributed by atoms with Crippen LogP contribution in [0.15, 0.2) is 0 Å². The van der Waals surface area contributed by atoms with E-state index in [1.165, 1.54) is 6.92 Å². The van der Waals surface area contributed by atoms with Crippen LogP contribution in [-0.2, 0) is 4.79 Å². The van der Waals surface area contributed by atoms with Gasteiger partial charge in [0.25, 0.3) is 0 Å². The van der Waals surface area contributed by atoms with E-state index in [4.69, 9.17) is 10.8 Å². The largest absolute Gasteiger partial charge is 0.396 e. The highest BCUT2D eigenvalue weighted by Crippen LogP contribution is 2.14. The third kappa shape index (κ3) is 1.70. The average Bonchev–Trinajstić information content (AvgIpc) is 2.31. The van der Waals surface area contributed by atoms with Crippen molar-refractivity contribution < 1.29 is 9.90 Å². The van der Waals surface area contributed by atoms with Crippen LogP contribution in [0.3, 0.4) is 0 Å². The van der Waals surface area contributed by atoms with Gasteiger partial charge in [-0.3, -0.25) is 4.79 Å². The van der Waals surface area contributed by atoms with Crippen molar-refractivity contribution >= 4 is 5.91 Å². The number of likely N-dealkylation sites (tertiary alicyclic amines) is 1. The highest BCUT2D eigenvalue weighted by Gasteiger charge is 2.30. The Balaban J connectivity index is 2.49. The fraction of sp³-hybridized carbons (Fsp3) is 0.857. The van der Waals surface area contributed by atoms with Crippen LogP contribution in [0.1, 0.15) is 6.92 Å². The molecule has 0 saturated carbocycles. The van der Waals surface area contributed by atoms with Crippen LogP contribution in [0.5, 0.6) is 0 Å². The van der Waals surface area contributed by atoms with Gasteiger partial charge in [0, 0.05) is 38.6 Å². The quantitative estimate of drug-likeness (QED) is 0.503. The lowest BCUT2D eigenvalue weighted by atomic mass is 10.1. The third-order valence-corrected chi connectivity index (χ3v) is 2.17. The predicted molar refractivity (Wildman–Crippen MR) is 40.8 cm³/mol. The van der Waals surface area contributed by atoms with Crippen molar-refractivity contribution in [3.63, 3.8) is 0 Å². The number of amides is 1. The predicted octanol–water partition coefficient (Wildman–Crippen LogP) is -1.22. The van der Waals surface area contributed by atoms with Crippen LogP contribution in [0.25, 0.3) is 0 Å². The van der Waals surface area contributed by atoms with Gasteiger partial charge in [0.2, 0.25) is 5.91 Å². The molecule has 0 aliphatic carbocycles. The van der Waals surface area contributed by atoms with Crippen molar-refractivity contribution in [2.24, 2.45) is 11.7 Å². The van der Waals surface area contributed by atoms with Crippen molar-refractivity contribution in [3.05, 3.63) is 0 Å². The molecule has 1 saturated heterocycles. The monoisotopic (exact) mass is 158 g/mol. The Kier molecular flexibility index (Phi) is 2.46. The standard InChI is InChI=1S/C7H14N2O2/c1-5(11)9-2-6(4-10)7(8)3-9/h6-7,10H,2-4,8H2,1H3. The number of hydrogen-bond acceptors (Lipinski definition) is 3. The Labute approximate surface area is 66.0 Å². The Bertz CT molecular complexity index is 161. The molecule has 0 aromatic rings. The van der Waals surface area contributed by atoms with Crippen LogP contribution >= 0.6 is 0 Å². The Hall–Kier alpha value is -0.610. The third-order valence-electron chi connectivity index (χ3n) is 2.17. The van der Waals surface area contributed by atoms with Gasteiger partial charge >= 0.3 is 0 Å². The normalized spacial score (nSPS) is 31.0. The molecule has 0 bridgehead atoms. The van der Waals surface area contributed by atoms with Gasteiger partial charge in [-0.05, 0) is 0 Å². The van der Waals surface area contributed by atoms with Gasteiger partial charge in [-0.2, -0.15) is 0 Å². The number of aliphatic hydroxyl groups excluding tert-OH is 1. The molecule has 1 amide bonds. The summed E-state index contributed by atoms with van der Waals surface area (Å²) >= 11 is 0. The molecule has 1 heterocycles. The molecule has 1 aliphatic rings. The van der Waals surface area contributed by atoms with Gasteiger partial charge in [-0.25, -0.2) is 0 Å². The molecule has 3 N–H and O–H groups in total. The van der Waals surface area contributed by atoms with E-state index in [1.54, 1.807) is 4.90 Å². The molecule has 4 heteroatoms. The maximum absolute atomic E-state index is 10.8. The topological polar surface area (TPSA) is 66.6 Å². The first-order valence-electron chi connectivity index (χ1n) is 3.77. The molecule has 0 radical (unpaired) electrons. The lowest BCUT2D eigenvalue weighted by Gasteiger charge is -2.11. The van der Waals surface area contributed by atoms with Gasteiger partial charge in [0.15, 0.2) is 0 Å². The van der Waals surface area contributed by atoms with Crippen molar-refractivity contribution in [1.82, 2.24) is 4.90 Å². The number of hydrogen-bond donors (Lipinski definition) is 2. The lowest BCUT2D eigenvalue weighted by Crippen LogP contribution is -2.31. The Morgan fingerprint density at radius 2 is 2.36 bits per heavy atom. The molecule has 0 aromatic heterocycles. The van der Waals surface area contributed by atoms with E-state index >= 15 is 0 Å². The zero-order valence-electron chi connectivity index (χ0n) is 6.66. The average molecular weight is 158 g/mol. The minimum atomic E-state index is -0.0519. The van der Waals surface area contributed by atoms with Crippen molar-refractivity contribution in [2.45, 2.75) is 13.0 Å². The van der Waals surface area contributed by atoms with Gasteiger partial charge in [0.1, 0.15) is 0 Å². The molecular weight excluding hydrogens is 144 g/mol. The van der Waals surface area contributed by atoms with Crippen molar-refractivity contribution in [2.75, 3.05) is 19.7 Å². The molecule has 11 heavy (non-hydrogen) atoms. The van der Waals surface area contributed by atoms with E-state index < -0.39 is 0 Å². The van der Waals surface area contributed by atoms with E-state index in [2.05, 4.69) is 0 Å². The summed E-state index contributed by atoms with van der Waals surface area (Å²) in [5.74, 6) is 0.107. The molecule has 1 fully saturated rings. The summed E-state index contributed by atoms with van der Waals surface area (Å²) < 4.78 is 0. The van der Waals surface area contributed by atoms with Crippen LogP contribution in [0, 0.1) is 5.92 Å². The molecule has 1 rings (SSSR count). The highest BCUT2D eigenvalue weighted by atomic mass is 16.3. The maximum Gasteiger partial charge on any atom is 0.219 e. The SMILES string of the molecule is CC(=O)N1CC(N)C(CO)C1. The fourth-order valence-corrected chi connectivity index (χ4v) is 1.35.